The van der Waals surface area contributed by atoms with Gasteiger partial charge in [-0.2, -0.15) is 0 Å². The lowest BCUT2D eigenvalue weighted by Gasteiger charge is -2.24. The van der Waals surface area contributed by atoms with E-state index >= 15 is 0 Å². The fourth-order valence-electron chi connectivity index (χ4n) is 4.87. The molecule has 2 aromatic rings. The number of carbonyl (C=O) groups excluding carboxylic acids is 1. The van der Waals surface area contributed by atoms with Crippen molar-refractivity contribution < 1.29 is 4.79 Å². The van der Waals surface area contributed by atoms with Crippen LogP contribution < -0.4 is 10.9 Å². The van der Waals surface area contributed by atoms with Crippen LogP contribution in [0.4, 0.5) is 5.82 Å². The van der Waals surface area contributed by atoms with E-state index in [1.54, 1.807) is 21.6 Å². The Morgan fingerprint density at radius 3 is 2.66 bits per heavy atom. The van der Waals surface area contributed by atoms with Crippen molar-refractivity contribution in [2.24, 2.45) is 0 Å². The first-order valence-electron chi connectivity index (χ1n) is 13.0. The van der Waals surface area contributed by atoms with Gasteiger partial charge < -0.3 is 5.32 Å². The van der Waals surface area contributed by atoms with Crippen LogP contribution in [0.15, 0.2) is 28.0 Å². The molecule has 0 radical (unpaired) electrons. The number of nitrogens with one attached hydrogen (secondary N) is 1. The average Bonchev–Trinajstić information content (AvgIpc) is 3.12. The molecule has 6 nitrogen and oxygen atoms in total. The molecular formula is C27H36N4O2S2. The number of aromatic nitrogens is 2. The number of thiocarbonyl (C=S) groups is 1. The maximum atomic E-state index is 13.6. The molecule has 1 aliphatic heterocycles. The highest BCUT2D eigenvalue weighted by Crippen LogP contribution is 2.34. The summed E-state index contributed by atoms with van der Waals surface area (Å²) in [5.41, 5.74) is 1.84. The van der Waals surface area contributed by atoms with E-state index in [1.165, 1.54) is 56.7 Å². The molecule has 2 aromatic heterocycles. The molecule has 2 fully saturated rings. The van der Waals surface area contributed by atoms with E-state index in [9.17, 15) is 9.59 Å². The van der Waals surface area contributed by atoms with Gasteiger partial charge in [0, 0.05) is 18.8 Å². The lowest BCUT2D eigenvalue weighted by Crippen LogP contribution is -2.29. The summed E-state index contributed by atoms with van der Waals surface area (Å²) in [5.74, 6) is 0.461. The Balaban J connectivity index is 1.60. The van der Waals surface area contributed by atoms with Crippen LogP contribution in [-0.4, -0.2) is 37.1 Å². The molecule has 3 heterocycles. The molecule has 188 valence electrons. The van der Waals surface area contributed by atoms with Gasteiger partial charge in [0.1, 0.15) is 15.8 Å². The van der Waals surface area contributed by atoms with Crippen molar-refractivity contribution in [1.82, 2.24) is 14.3 Å². The first-order chi connectivity index (χ1) is 17.0. The Labute approximate surface area is 217 Å². The SMILES string of the molecule is CCCCCCCCN1C(=O)C(=Cc2c(NC3CCCCC3)nc3c(C)cccn3c2=O)SC1=S. The van der Waals surface area contributed by atoms with E-state index in [1.807, 2.05) is 19.1 Å². The van der Waals surface area contributed by atoms with E-state index in [2.05, 4.69) is 12.2 Å². The van der Waals surface area contributed by atoms with E-state index in [4.69, 9.17) is 17.2 Å². The van der Waals surface area contributed by atoms with Gasteiger partial charge in [0.05, 0.1) is 10.5 Å². The highest BCUT2D eigenvalue weighted by molar-refractivity contribution is 8.26. The van der Waals surface area contributed by atoms with Gasteiger partial charge in [-0.3, -0.25) is 18.9 Å². The van der Waals surface area contributed by atoms with Gasteiger partial charge in [0.15, 0.2) is 0 Å². The maximum absolute atomic E-state index is 13.6. The number of anilines is 1. The molecule has 1 saturated carbocycles. The standard InChI is InChI=1S/C27H36N4O2S2/c1-3-4-5-6-7-11-16-31-26(33)22(35-27(31)34)18-21-23(28-20-14-9-8-10-15-20)29-24-19(2)13-12-17-30(24)25(21)32/h12-13,17-18,20,28H,3-11,14-16H2,1-2H3. The summed E-state index contributed by atoms with van der Waals surface area (Å²) >= 11 is 6.82. The third kappa shape index (κ3) is 6.15. The number of unbranched alkanes of at least 4 members (excludes halogenated alkanes) is 5. The number of thioether (sulfide) groups is 1. The second-order valence-corrected chi connectivity index (χ2v) is 11.3. The fraction of sp³-hybridized carbons (Fsp3) is 0.556. The molecule has 0 atom stereocenters. The molecule has 1 aliphatic carbocycles. The van der Waals surface area contributed by atoms with Gasteiger partial charge in [-0.1, -0.05) is 88.3 Å². The van der Waals surface area contributed by atoms with Crippen LogP contribution in [0.25, 0.3) is 11.7 Å². The quantitative estimate of drug-likeness (QED) is 0.229. The van der Waals surface area contributed by atoms with Gasteiger partial charge in [-0.05, 0) is 43.9 Å². The topological polar surface area (TPSA) is 66.7 Å². The molecule has 0 aromatic carbocycles. The summed E-state index contributed by atoms with van der Waals surface area (Å²) in [5, 5.41) is 3.54. The van der Waals surface area contributed by atoms with Crippen molar-refractivity contribution in [3.63, 3.8) is 0 Å². The van der Waals surface area contributed by atoms with Crippen LogP contribution >= 0.6 is 24.0 Å². The summed E-state index contributed by atoms with van der Waals surface area (Å²) in [6, 6.07) is 4.10. The zero-order valence-electron chi connectivity index (χ0n) is 20.8. The minimum Gasteiger partial charge on any atom is -0.367 e. The van der Waals surface area contributed by atoms with Gasteiger partial charge in [-0.25, -0.2) is 4.98 Å². The summed E-state index contributed by atoms with van der Waals surface area (Å²) in [6.07, 6.45) is 16.1. The highest BCUT2D eigenvalue weighted by atomic mass is 32.2. The summed E-state index contributed by atoms with van der Waals surface area (Å²) in [6.45, 7) is 4.80. The maximum Gasteiger partial charge on any atom is 0.267 e. The fourth-order valence-corrected chi connectivity index (χ4v) is 6.16. The Kier molecular flexibility index (Phi) is 9.00. The normalized spacial score (nSPS) is 18.2. The van der Waals surface area contributed by atoms with Crippen LogP contribution in [0.5, 0.6) is 0 Å². The number of hydrogen-bond acceptors (Lipinski definition) is 6. The third-order valence-corrected chi connectivity index (χ3v) is 8.29. The zero-order valence-corrected chi connectivity index (χ0v) is 22.5. The first-order valence-corrected chi connectivity index (χ1v) is 14.3. The van der Waals surface area contributed by atoms with E-state index in [-0.39, 0.29) is 17.5 Å². The highest BCUT2D eigenvalue weighted by Gasteiger charge is 2.32. The average molecular weight is 513 g/mol. The van der Waals surface area contributed by atoms with E-state index in [0.29, 0.717) is 32.8 Å². The van der Waals surface area contributed by atoms with Gasteiger partial charge in [-0.15, -0.1) is 0 Å². The lowest BCUT2D eigenvalue weighted by atomic mass is 9.95. The lowest BCUT2D eigenvalue weighted by molar-refractivity contribution is -0.122. The van der Waals surface area contributed by atoms with Crippen LogP contribution in [0.1, 0.15) is 88.7 Å². The Morgan fingerprint density at radius 1 is 1.14 bits per heavy atom. The first kappa shape index (κ1) is 25.9. The van der Waals surface area contributed by atoms with Crippen molar-refractivity contribution >= 4 is 51.7 Å². The van der Waals surface area contributed by atoms with E-state index in [0.717, 1.165) is 31.2 Å². The number of rotatable bonds is 10. The number of carbonyl (C=O) groups is 1. The molecular weight excluding hydrogens is 476 g/mol. The number of fused-ring (bicyclic) bond motifs is 1. The van der Waals surface area contributed by atoms with Crippen molar-refractivity contribution in [1.29, 1.82) is 0 Å². The molecule has 1 N–H and O–H groups in total. The largest absolute Gasteiger partial charge is 0.367 e. The monoisotopic (exact) mass is 512 g/mol. The predicted molar refractivity (Wildman–Crippen MR) is 150 cm³/mol. The number of amides is 1. The number of hydrogen-bond donors (Lipinski definition) is 1. The molecule has 8 heteroatoms. The van der Waals surface area contributed by atoms with Crippen molar-refractivity contribution in [2.45, 2.75) is 90.5 Å². The van der Waals surface area contributed by atoms with Gasteiger partial charge >= 0.3 is 0 Å². The van der Waals surface area contributed by atoms with Crippen molar-refractivity contribution in [3.05, 3.63) is 44.7 Å². The summed E-state index contributed by atoms with van der Waals surface area (Å²) in [4.78, 5) is 33.8. The van der Waals surface area contributed by atoms with Gasteiger partial charge in [0.25, 0.3) is 11.5 Å². The Hall–Kier alpha value is -2.19. The van der Waals surface area contributed by atoms with E-state index < -0.39 is 0 Å². The molecule has 35 heavy (non-hydrogen) atoms. The Bertz CT molecular complexity index is 1170. The molecule has 0 spiro atoms. The predicted octanol–water partition coefficient (Wildman–Crippen LogP) is 6.31. The summed E-state index contributed by atoms with van der Waals surface area (Å²) < 4.78 is 2.14. The van der Waals surface area contributed by atoms with Crippen LogP contribution in [0, 0.1) is 6.92 Å². The minimum absolute atomic E-state index is 0.106. The van der Waals surface area contributed by atoms with Gasteiger partial charge in [0.2, 0.25) is 0 Å². The van der Waals surface area contributed by atoms with Crippen LogP contribution in [0.3, 0.4) is 0 Å². The molecule has 1 amide bonds. The Morgan fingerprint density at radius 2 is 1.89 bits per heavy atom. The zero-order chi connectivity index (χ0) is 24.8. The number of aryl methyl sites for hydroxylation is 1. The minimum atomic E-state index is -0.168. The molecule has 1 saturated heterocycles. The third-order valence-electron chi connectivity index (χ3n) is 6.91. The second kappa shape index (κ2) is 12.2. The van der Waals surface area contributed by atoms with Crippen LogP contribution in [-0.2, 0) is 4.79 Å². The molecule has 2 aliphatic rings. The van der Waals surface area contributed by atoms with Crippen molar-refractivity contribution in [3.8, 4) is 0 Å². The second-order valence-electron chi connectivity index (χ2n) is 9.64. The van der Waals surface area contributed by atoms with Crippen LogP contribution in [0.2, 0.25) is 0 Å². The number of pyridine rings is 1. The number of nitrogens with zero attached hydrogens (tertiary/aromatic N) is 3. The summed E-state index contributed by atoms with van der Waals surface area (Å²) in [7, 11) is 0. The molecule has 0 unspecified atom stereocenters. The molecule has 0 bridgehead atoms. The smallest absolute Gasteiger partial charge is 0.267 e. The molecule has 4 rings (SSSR count). The van der Waals surface area contributed by atoms with Crippen molar-refractivity contribution in [2.75, 3.05) is 11.9 Å².